The fourth-order valence-electron chi connectivity index (χ4n) is 2.60. The van der Waals surface area contributed by atoms with E-state index in [2.05, 4.69) is 10.5 Å². The molecule has 3 aromatic carbocycles. The van der Waals surface area contributed by atoms with E-state index in [4.69, 9.17) is 4.74 Å². The van der Waals surface area contributed by atoms with Crippen molar-refractivity contribution < 1.29 is 9.53 Å². The van der Waals surface area contributed by atoms with Crippen LogP contribution in [-0.2, 0) is 6.61 Å². The SMILES string of the molecule is CC/C(=N/NC(=O)c1ccc(OCc2ccccc2)cc1)c1ccccc1. The van der Waals surface area contributed by atoms with Gasteiger partial charge in [0.2, 0.25) is 0 Å². The van der Waals surface area contributed by atoms with Gasteiger partial charge in [0.15, 0.2) is 0 Å². The van der Waals surface area contributed by atoms with E-state index < -0.39 is 0 Å². The molecule has 4 heteroatoms. The van der Waals surface area contributed by atoms with Gasteiger partial charge in [0.05, 0.1) is 5.71 Å². The molecule has 0 saturated heterocycles. The summed E-state index contributed by atoms with van der Waals surface area (Å²) in [7, 11) is 0. The summed E-state index contributed by atoms with van der Waals surface area (Å²) < 4.78 is 5.74. The maximum absolute atomic E-state index is 12.3. The van der Waals surface area contributed by atoms with E-state index in [1.807, 2.05) is 67.6 Å². The van der Waals surface area contributed by atoms with Crippen LogP contribution in [0.15, 0.2) is 90.0 Å². The normalized spacial score (nSPS) is 11.1. The van der Waals surface area contributed by atoms with Gasteiger partial charge in [-0.2, -0.15) is 5.10 Å². The summed E-state index contributed by atoms with van der Waals surface area (Å²) in [6, 6.07) is 26.8. The van der Waals surface area contributed by atoms with E-state index in [-0.39, 0.29) is 5.91 Å². The first kappa shape index (κ1) is 18.4. The molecule has 0 spiro atoms. The van der Waals surface area contributed by atoms with Crippen LogP contribution in [0, 0.1) is 0 Å². The molecule has 136 valence electrons. The molecular formula is C23H22N2O2. The fourth-order valence-corrected chi connectivity index (χ4v) is 2.60. The second kappa shape index (κ2) is 9.34. The molecule has 1 amide bonds. The van der Waals surface area contributed by atoms with Crippen molar-refractivity contribution >= 4 is 11.6 Å². The Kier molecular flexibility index (Phi) is 6.36. The third-order valence-corrected chi connectivity index (χ3v) is 4.10. The summed E-state index contributed by atoms with van der Waals surface area (Å²) in [5, 5.41) is 4.27. The van der Waals surface area contributed by atoms with E-state index in [1.165, 1.54) is 0 Å². The first-order chi connectivity index (χ1) is 13.3. The van der Waals surface area contributed by atoms with Gasteiger partial charge in [-0.25, -0.2) is 5.43 Å². The van der Waals surface area contributed by atoms with Crippen LogP contribution < -0.4 is 10.2 Å². The Labute approximate surface area is 159 Å². The lowest BCUT2D eigenvalue weighted by Gasteiger charge is -2.08. The number of hydrogen-bond acceptors (Lipinski definition) is 3. The molecule has 0 atom stereocenters. The van der Waals surface area contributed by atoms with E-state index in [0.717, 1.165) is 29.0 Å². The molecule has 3 aromatic rings. The van der Waals surface area contributed by atoms with Crippen LogP contribution in [-0.4, -0.2) is 11.6 Å². The molecule has 0 aliphatic rings. The zero-order valence-electron chi connectivity index (χ0n) is 15.3. The third kappa shape index (κ3) is 5.28. The summed E-state index contributed by atoms with van der Waals surface area (Å²) in [6.45, 7) is 2.50. The monoisotopic (exact) mass is 358 g/mol. The fraction of sp³-hybridized carbons (Fsp3) is 0.130. The van der Waals surface area contributed by atoms with E-state index in [9.17, 15) is 4.79 Å². The number of carbonyl (C=O) groups excluding carboxylic acids is 1. The van der Waals surface area contributed by atoms with Crippen LogP contribution in [0.25, 0.3) is 0 Å². The lowest BCUT2D eigenvalue weighted by Crippen LogP contribution is -2.19. The predicted octanol–water partition coefficient (Wildman–Crippen LogP) is 4.81. The minimum atomic E-state index is -0.244. The summed E-state index contributed by atoms with van der Waals surface area (Å²) in [5.74, 6) is 0.476. The number of hydrogen-bond donors (Lipinski definition) is 1. The number of carbonyl (C=O) groups is 1. The van der Waals surface area contributed by atoms with Gasteiger partial charge in [-0.1, -0.05) is 67.6 Å². The number of nitrogens with one attached hydrogen (secondary N) is 1. The Morgan fingerprint density at radius 1 is 0.852 bits per heavy atom. The summed E-state index contributed by atoms with van der Waals surface area (Å²) in [6.07, 6.45) is 0.733. The molecule has 0 radical (unpaired) electrons. The maximum atomic E-state index is 12.3. The smallest absolute Gasteiger partial charge is 0.271 e. The molecular weight excluding hydrogens is 336 g/mol. The van der Waals surface area contributed by atoms with Crippen molar-refractivity contribution in [1.82, 2.24) is 5.43 Å². The van der Waals surface area contributed by atoms with Crippen molar-refractivity contribution in [3.63, 3.8) is 0 Å². The van der Waals surface area contributed by atoms with Crippen LogP contribution in [0.5, 0.6) is 5.75 Å². The highest BCUT2D eigenvalue weighted by Gasteiger charge is 2.06. The minimum absolute atomic E-state index is 0.244. The lowest BCUT2D eigenvalue weighted by atomic mass is 10.1. The first-order valence-corrected chi connectivity index (χ1v) is 8.95. The van der Waals surface area contributed by atoms with Gasteiger partial charge in [0.25, 0.3) is 5.91 Å². The van der Waals surface area contributed by atoms with Crippen molar-refractivity contribution in [2.24, 2.45) is 5.10 Å². The van der Waals surface area contributed by atoms with Crippen molar-refractivity contribution in [2.75, 3.05) is 0 Å². The van der Waals surface area contributed by atoms with Gasteiger partial charge in [-0.3, -0.25) is 4.79 Å². The van der Waals surface area contributed by atoms with Crippen LogP contribution in [0.4, 0.5) is 0 Å². The summed E-state index contributed by atoms with van der Waals surface area (Å²) in [5.41, 5.74) is 6.11. The molecule has 0 aliphatic heterocycles. The summed E-state index contributed by atoms with van der Waals surface area (Å²) >= 11 is 0. The van der Waals surface area contributed by atoms with E-state index in [0.29, 0.717) is 12.2 Å². The minimum Gasteiger partial charge on any atom is -0.489 e. The lowest BCUT2D eigenvalue weighted by molar-refractivity contribution is 0.0954. The van der Waals surface area contributed by atoms with Gasteiger partial charge in [0, 0.05) is 5.56 Å². The first-order valence-electron chi connectivity index (χ1n) is 8.95. The molecule has 0 unspecified atom stereocenters. The van der Waals surface area contributed by atoms with Crippen LogP contribution in [0.1, 0.15) is 34.8 Å². The largest absolute Gasteiger partial charge is 0.489 e. The number of nitrogens with zero attached hydrogens (tertiary/aromatic N) is 1. The zero-order chi connectivity index (χ0) is 18.9. The highest BCUT2D eigenvalue weighted by molar-refractivity contribution is 6.02. The van der Waals surface area contributed by atoms with Crippen molar-refractivity contribution in [1.29, 1.82) is 0 Å². The van der Waals surface area contributed by atoms with Gasteiger partial charge in [-0.05, 0) is 41.8 Å². The molecule has 0 bridgehead atoms. The number of rotatable bonds is 7. The average Bonchev–Trinajstić information content (AvgIpc) is 2.74. The van der Waals surface area contributed by atoms with Gasteiger partial charge < -0.3 is 4.74 Å². The zero-order valence-corrected chi connectivity index (χ0v) is 15.3. The Morgan fingerprint density at radius 2 is 1.48 bits per heavy atom. The standard InChI is InChI=1S/C23H22N2O2/c1-2-22(19-11-7-4-8-12-19)24-25-23(26)20-13-15-21(16-14-20)27-17-18-9-5-3-6-10-18/h3-16H,2,17H2,1H3,(H,25,26)/b24-22-. The quantitative estimate of drug-likeness (QED) is 0.487. The molecule has 0 fully saturated rings. The topological polar surface area (TPSA) is 50.7 Å². The van der Waals surface area contributed by atoms with Gasteiger partial charge >= 0.3 is 0 Å². The number of amides is 1. The highest BCUT2D eigenvalue weighted by atomic mass is 16.5. The highest BCUT2D eigenvalue weighted by Crippen LogP contribution is 2.14. The van der Waals surface area contributed by atoms with Crippen molar-refractivity contribution in [2.45, 2.75) is 20.0 Å². The van der Waals surface area contributed by atoms with Crippen molar-refractivity contribution in [3.05, 3.63) is 102 Å². The predicted molar refractivity (Wildman–Crippen MR) is 108 cm³/mol. The second-order valence-corrected chi connectivity index (χ2v) is 6.02. The molecule has 27 heavy (non-hydrogen) atoms. The molecule has 3 rings (SSSR count). The van der Waals surface area contributed by atoms with Gasteiger partial charge in [-0.15, -0.1) is 0 Å². The molecule has 0 heterocycles. The second-order valence-electron chi connectivity index (χ2n) is 6.02. The Hall–Kier alpha value is -3.40. The number of hydrazone groups is 1. The Morgan fingerprint density at radius 3 is 2.11 bits per heavy atom. The van der Waals surface area contributed by atoms with E-state index in [1.54, 1.807) is 24.3 Å². The Balaban J connectivity index is 1.59. The molecule has 1 N–H and O–H groups in total. The average molecular weight is 358 g/mol. The van der Waals surface area contributed by atoms with Crippen LogP contribution in [0.2, 0.25) is 0 Å². The Bertz CT molecular complexity index is 889. The van der Waals surface area contributed by atoms with Gasteiger partial charge in [0.1, 0.15) is 12.4 Å². The van der Waals surface area contributed by atoms with E-state index >= 15 is 0 Å². The number of ether oxygens (including phenoxy) is 1. The maximum Gasteiger partial charge on any atom is 0.271 e. The molecule has 0 aromatic heterocycles. The third-order valence-electron chi connectivity index (χ3n) is 4.10. The number of benzene rings is 3. The molecule has 4 nitrogen and oxygen atoms in total. The summed E-state index contributed by atoms with van der Waals surface area (Å²) in [4.78, 5) is 12.3. The van der Waals surface area contributed by atoms with Crippen LogP contribution in [0.3, 0.4) is 0 Å². The van der Waals surface area contributed by atoms with Crippen molar-refractivity contribution in [3.8, 4) is 5.75 Å². The van der Waals surface area contributed by atoms with Crippen LogP contribution >= 0.6 is 0 Å². The molecule has 0 aliphatic carbocycles. The molecule has 0 saturated carbocycles.